The van der Waals surface area contributed by atoms with Crippen LogP contribution in [0.4, 0.5) is 5.82 Å². The lowest BCUT2D eigenvalue weighted by molar-refractivity contribution is -0.121. The second-order valence-electron chi connectivity index (χ2n) is 8.12. The lowest BCUT2D eigenvalue weighted by Gasteiger charge is -2.12. The predicted molar refractivity (Wildman–Crippen MR) is 128 cm³/mol. The summed E-state index contributed by atoms with van der Waals surface area (Å²) < 4.78 is 2.29. The largest absolute Gasteiger partial charge is 0.382 e. The number of benzene rings is 1. The molecule has 0 bridgehead atoms. The molecule has 1 aromatic carbocycles. The van der Waals surface area contributed by atoms with Crippen LogP contribution >= 0.6 is 0 Å². The van der Waals surface area contributed by atoms with Crippen molar-refractivity contribution in [3.8, 4) is 0 Å². The summed E-state index contributed by atoms with van der Waals surface area (Å²) in [6.45, 7) is 3.60. The first-order valence-electron chi connectivity index (χ1n) is 11.5. The number of pyridine rings is 1. The van der Waals surface area contributed by atoms with Crippen LogP contribution in [-0.2, 0) is 22.6 Å². The number of unbranched alkanes of at least 4 members (excludes halogenated alkanes) is 2. The van der Waals surface area contributed by atoms with Crippen molar-refractivity contribution >= 4 is 39.9 Å². The van der Waals surface area contributed by atoms with Crippen LogP contribution in [0.5, 0.6) is 0 Å². The number of aryl methyl sites for hydroxylation is 2. The SMILES string of the molecule is CCCCc1nc2c(N)nc3ccccc3c2n1CCCCNC(=O)CCC(C=O)NC. The van der Waals surface area contributed by atoms with Crippen LogP contribution in [0.2, 0.25) is 0 Å². The van der Waals surface area contributed by atoms with E-state index in [9.17, 15) is 9.59 Å². The Labute approximate surface area is 189 Å². The third-order valence-corrected chi connectivity index (χ3v) is 5.79. The summed E-state index contributed by atoms with van der Waals surface area (Å²) in [5, 5.41) is 6.90. The molecule has 1 amide bonds. The zero-order chi connectivity index (χ0) is 22.9. The molecule has 32 heavy (non-hydrogen) atoms. The van der Waals surface area contributed by atoms with Crippen molar-refractivity contribution < 1.29 is 9.59 Å². The number of imidazole rings is 1. The highest BCUT2D eigenvalue weighted by Gasteiger charge is 2.17. The first-order chi connectivity index (χ1) is 15.6. The molecule has 172 valence electrons. The van der Waals surface area contributed by atoms with Crippen molar-refractivity contribution in [1.29, 1.82) is 0 Å². The Morgan fingerprint density at radius 3 is 2.78 bits per heavy atom. The number of nitrogens with two attached hydrogens (primary N) is 1. The zero-order valence-corrected chi connectivity index (χ0v) is 19.1. The van der Waals surface area contributed by atoms with E-state index in [0.29, 0.717) is 25.2 Å². The van der Waals surface area contributed by atoms with Crippen LogP contribution in [0.15, 0.2) is 24.3 Å². The second kappa shape index (κ2) is 11.6. The van der Waals surface area contributed by atoms with Gasteiger partial charge in [-0.2, -0.15) is 0 Å². The molecule has 0 aliphatic carbocycles. The summed E-state index contributed by atoms with van der Waals surface area (Å²) in [5.41, 5.74) is 8.96. The predicted octanol–water partition coefficient (Wildman–Crippen LogP) is 2.97. The van der Waals surface area contributed by atoms with Crippen LogP contribution in [-0.4, -0.2) is 46.4 Å². The Morgan fingerprint density at radius 1 is 1.22 bits per heavy atom. The van der Waals surface area contributed by atoms with E-state index in [1.807, 2.05) is 18.2 Å². The molecular weight excluding hydrogens is 404 g/mol. The van der Waals surface area contributed by atoms with E-state index < -0.39 is 0 Å². The molecule has 0 radical (unpaired) electrons. The second-order valence-corrected chi connectivity index (χ2v) is 8.12. The van der Waals surface area contributed by atoms with E-state index in [0.717, 1.165) is 72.7 Å². The maximum Gasteiger partial charge on any atom is 0.220 e. The lowest BCUT2D eigenvalue weighted by atomic mass is 10.1. The van der Waals surface area contributed by atoms with E-state index in [-0.39, 0.29) is 11.9 Å². The maximum absolute atomic E-state index is 12.0. The van der Waals surface area contributed by atoms with Gasteiger partial charge in [0.2, 0.25) is 5.91 Å². The summed E-state index contributed by atoms with van der Waals surface area (Å²) in [6, 6.07) is 7.77. The molecule has 0 saturated heterocycles. The normalized spacial score (nSPS) is 12.3. The molecular formula is C24H34N6O2. The molecule has 3 rings (SSSR count). The number of carbonyl (C=O) groups excluding carboxylic acids is 2. The van der Waals surface area contributed by atoms with Crippen LogP contribution in [0, 0.1) is 0 Å². The van der Waals surface area contributed by atoms with Crippen molar-refractivity contribution in [2.24, 2.45) is 0 Å². The fourth-order valence-corrected chi connectivity index (χ4v) is 3.95. The quantitative estimate of drug-likeness (QED) is 0.279. The maximum atomic E-state index is 12.0. The van der Waals surface area contributed by atoms with Gasteiger partial charge < -0.3 is 25.7 Å². The fraction of sp³-hybridized carbons (Fsp3) is 0.500. The minimum absolute atomic E-state index is 0.0198. The van der Waals surface area contributed by atoms with Gasteiger partial charge in [0.25, 0.3) is 0 Å². The van der Waals surface area contributed by atoms with E-state index >= 15 is 0 Å². The van der Waals surface area contributed by atoms with E-state index in [1.54, 1.807) is 7.05 Å². The summed E-state index contributed by atoms with van der Waals surface area (Å²) in [7, 11) is 1.72. The van der Waals surface area contributed by atoms with Gasteiger partial charge in [0.1, 0.15) is 17.6 Å². The number of likely N-dealkylation sites (N-methyl/N-ethyl adjacent to an activating group) is 1. The number of nitrogen functional groups attached to an aromatic ring is 1. The average molecular weight is 439 g/mol. The molecule has 0 aliphatic rings. The smallest absolute Gasteiger partial charge is 0.220 e. The Bertz CT molecular complexity index is 1060. The van der Waals surface area contributed by atoms with Gasteiger partial charge in [-0.3, -0.25) is 4.79 Å². The third kappa shape index (κ3) is 5.62. The number of hydrogen-bond donors (Lipinski definition) is 3. The summed E-state index contributed by atoms with van der Waals surface area (Å²) in [4.78, 5) is 32.2. The highest BCUT2D eigenvalue weighted by atomic mass is 16.1. The molecule has 1 atom stereocenters. The van der Waals surface area contributed by atoms with Crippen molar-refractivity contribution in [2.45, 2.75) is 64.5 Å². The molecule has 4 N–H and O–H groups in total. The number of nitrogens with zero attached hydrogens (tertiary/aromatic N) is 3. The molecule has 2 aromatic heterocycles. The summed E-state index contributed by atoms with van der Waals surface area (Å²) >= 11 is 0. The van der Waals surface area contributed by atoms with Gasteiger partial charge >= 0.3 is 0 Å². The monoisotopic (exact) mass is 438 g/mol. The van der Waals surface area contributed by atoms with Gasteiger partial charge in [-0.25, -0.2) is 9.97 Å². The Kier molecular flexibility index (Phi) is 8.56. The molecule has 8 heteroatoms. The number of anilines is 1. The molecule has 0 spiro atoms. The van der Waals surface area contributed by atoms with Crippen LogP contribution < -0.4 is 16.4 Å². The number of aldehydes is 1. The molecule has 2 heterocycles. The summed E-state index contributed by atoms with van der Waals surface area (Å²) in [5.74, 6) is 1.49. The van der Waals surface area contributed by atoms with E-state index in [1.165, 1.54) is 0 Å². The first-order valence-corrected chi connectivity index (χ1v) is 11.5. The van der Waals surface area contributed by atoms with Crippen molar-refractivity contribution in [3.63, 3.8) is 0 Å². The highest BCUT2D eigenvalue weighted by Crippen LogP contribution is 2.29. The minimum Gasteiger partial charge on any atom is -0.382 e. The zero-order valence-electron chi connectivity index (χ0n) is 19.1. The Balaban J connectivity index is 1.67. The molecule has 0 fully saturated rings. The lowest BCUT2D eigenvalue weighted by Crippen LogP contribution is -2.30. The van der Waals surface area contributed by atoms with Gasteiger partial charge in [0.05, 0.1) is 17.1 Å². The van der Waals surface area contributed by atoms with Gasteiger partial charge in [0, 0.05) is 31.3 Å². The molecule has 0 saturated carbocycles. The summed E-state index contributed by atoms with van der Waals surface area (Å²) in [6.07, 6.45) is 6.53. The number of rotatable bonds is 13. The topological polar surface area (TPSA) is 115 Å². The first kappa shape index (κ1) is 23.7. The van der Waals surface area contributed by atoms with Gasteiger partial charge in [-0.15, -0.1) is 0 Å². The van der Waals surface area contributed by atoms with Gasteiger partial charge in [-0.1, -0.05) is 31.5 Å². The number of para-hydroxylation sites is 1. The molecule has 3 aromatic rings. The molecule has 8 nitrogen and oxygen atoms in total. The Hall–Kier alpha value is -3.00. The average Bonchev–Trinajstić information content (AvgIpc) is 3.17. The third-order valence-electron chi connectivity index (χ3n) is 5.79. The highest BCUT2D eigenvalue weighted by molar-refractivity contribution is 6.06. The number of carbonyl (C=O) groups is 2. The van der Waals surface area contributed by atoms with Crippen LogP contribution in [0.25, 0.3) is 21.9 Å². The van der Waals surface area contributed by atoms with Crippen molar-refractivity contribution in [2.75, 3.05) is 19.3 Å². The number of fused-ring (bicyclic) bond motifs is 3. The van der Waals surface area contributed by atoms with Crippen LogP contribution in [0.1, 0.15) is 51.3 Å². The van der Waals surface area contributed by atoms with Crippen LogP contribution in [0.3, 0.4) is 0 Å². The number of amides is 1. The molecule has 0 aliphatic heterocycles. The van der Waals surface area contributed by atoms with Gasteiger partial charge in [-0.05, 0) is 38.8 Å². The number of nitrogens with one attached hydrogen (secondary N) is 2. The number of aromatic nitrogens is 3. The fourth-order valence-electron chi connectivity index (χ4n) is 3.95. The minimum atomic E-state index is -0.270. The van der Waals surface area contributed by atoms with E-state index in [2.05, 4.69) is 33.2 Å². The standard InChI is InChI=1S/C24H34N6O2/c1-3-4-11-20-29-22-23(18-9-5-6-10-19(18)28-24(22)25)30(20)15-8-7-14-27-21(32)13-12-17(16-31)26-2/h5-6,9-10,16-17,26H,3-4,7-8,11-15H2,1-2H3,(H2,25,28)(H,27,32). The molecule has 1 unspecified atom stereocenters. The van der Waals surface area contributed by atoms with Gasteiger partial charge in [0.15, 0.2) is 5.82 Å². The Morgan fingerprint density at radius 2 is 2.03 bits per heavy atom. The van der Waals surface area contributed by atoms with E-state index in [4.69, 9.17) is 10.7 Å². The number of hydrogen-bond acceptors (Lipinski definition) is 6. The van der Waals surface area contributed by atoms with Crippen molar-refractivity contribution in [3.05, 3.63) is 30.1 Å². The van der Waals surface area contributed by atoms with Crippen molar-refractivity contribution in [1.82, 2.24) is 25.2 Å².